The summed E-state index contributed by atoms with van der Waals surface area (Å²) in [6, 6.07) is 7.41. The summed E-state index contributed by atoms with van der Waals surface area (Å²) in [6.07, 6.45) is 4.48. The van der Waals surface area contributed by atoms with Gasteiger partial charge >= 0.3 is 0 Å². The molecule has 1 fully saturated rings. The zero-order valence-electron chi connectivity index (χ0n) is 13.0. The van der Waals surface area contributed by atoms with Gasteiger partial charge in [0.25, 0.3) is 5.91 Å². The van der Waals surface area contributed by atoms with Crippen LogP contribution in [0, 0.1) is 0 Å². The fourth-order valence-electron chi connectivity index (χ4n) is 3.20. The second-order valence-electron chi connectivity index (χ2n) is 6.45. The quantitative estimate of drug-likeness (QED) is 0.895. The van der Waals surface area contributed by atoms with Crippen molar-refractivity contribution in [1.29, 1.82) is 0 Å². The Labute approximate surface area is 131 Å². The standard InChI is InChI=1S/C17H24N2O3/c1-12-15(22-14-8-4-3-7-13(14)21-12)16(20)19-11-17(18)9-5-2-6-10-17/h3-4,7-8,12,15H,2,5-6,9-11,18H2,1H3,(H,19,20). The summed E-state index contributed by atoms with van der Waals surface area (Å²) in [5, 5.41) is 2.95. The van der Waals surface area contributed by atoms with Crippen LogP contribution in [0.2, 0.25) is 0 Å². The van der Waals surface area contributed by atoms with Gasteiger partial charge in [0.05, 0.1) is 0 Å². The maximum atomic E-state index is 12.4. The number of hydrogen-bond donors (Lipinski definition) is 2. The van der Waals surface area contributed by atoms with Crippen molar-refractivity contribution in [1.82, 2.24) is 5.32 Å². The molecule has 2 atom stereocenters. The van der Waals surface area contributed by atoms with Gasteiger partial charge in [-0.25, -0.2) is 0 Å². The van der Waals surface area contributed by atoms with E-state index in [1.54, 1.807) is 0 Å². The fraction of sp³-hybridized carbons (Fsp3) is 0.588. The Morgan fingerprint density at radius 3 is 2.55 bits per heavy atom. The van der Waals surface area contributed by atoms with Gasteiger partial charge in [0, 0.05) is 12.1 Å². The second-order valence-corrected chi connectivity index (χ2v) is 6.45. The maximum Gasteiger partial charge on any atom is 0.265 e. The number of nitrogens with two attached hydrogens (primary N) is 1. The summed E-state index contributed by atoms with van der Waals surface area (Å²) < 4.78 is 11.6. The number of nitrogens with one attached hydrogen (secondary N) is 1. The van der Waals surface area contributed by atoms with Gasteiger partial charge in [0.2, 0.25) is 6.10 Å². The molecule has 120 valence electrons. The number of para-hydroxylation sites is 2. The summed E-state index contributed by atoms with van der Waals surface area (Å²) >= 11 is 0. The van der Waals surface area contributed by atoms with E-state index in [0.29, 0.717) is 18.0 Å². The van der Waals surface area contributed by atoms with Gasteiger partial charge in [-0.15, -0.1) is 0 Å². The molecule has 1 heterocycles. The van der Waals surface area contributed by atoms with E-state index in [1.807, 2.05) is 31.2 Å². The van der Waals surface area contributed by atoms with E-state index in [0.717, 1.165) is 25.7 Å². The molecule has 22 heavy (non-hydrogen) atoms. The third kappa shape index (κ3) is 3.19. The van der Waals surface area contributed by atoms with E-state index in [1.165, 1.54) is 6.42 Å². The van der Waals surface area contributed by atoms with E-state index in [4.69, 9.17) is 15.2 Å². The average molecular weight is 304 g/mol. The van der Waals surface area contributed by atoms with Crippen LogP contribution in [0.4, 0.5) is 0 Å². The second kappa shape index (κ2) is 6.16. The normalized spacial score (nSPS) is 26.3. The predicted octanol–water partition coefficient (Wildman–Crippen LogP) is 1.99. The lowest BCUT2D eigenvalue weighted by atomic mass is 9.82. The molecule has 0 aromatic heterocycles. The molecule has 1 aromatic carbocycles. The summed E-state index contributed by atoms with van der Waals surface area (Å²) in [6.45, 7) is 2.35. The maximum absolute atomic E-state index is 12.4. The first kappa shape index (κ1) is 15.2. The molecule has 1 saturated carbocycles. The molecule has 0 radical (unpaired) electrons. The Kier molecular flexibility index (Phi) is 4.25. The molecule has 1 aliphatic carbocycles. The Morgan fingerprint density at radius 2 is 1.86 bits per heavy atom. The highest BCUT2D eigenvalue weighted by atomic mass is 16.6. The lowest BCUT2D eigenvalue weighted by molar-refractivity contribution is -0.133. The Balaban J connectivity index is 1.60. The first-order valence-corrected chi connectivity index (χ1v) is 8.06. The molecule has 3 N–H and O–H groups in total. The van der Waals surface area contributed by atoms with Crippen molar-refractivity contribution in [2.75, 3.05) is 6.54 Å². The van der Waals surface area contributed by atoms with E-state index in [-0.39, 0.29) is 17.6 Å². The summed E-state index contributed by atoms with van der Waals surface area (Å²) in [7, 11) is 0. The first-order chi connectivity index (χ1) is 10.6. The van der Waals surface area contributed by atoms with Crippen molar-refractivity contribution in [2.24, 2.45) is 5.73 Å². The molecule has 2 unspecified atom stereocenters. The van der Waals surface area contributed by atoms with Crippen LogP contribution in [0.5, 0.6) is 11.5 Å². The van der Waals surface area contributed by atoms with Gasteiger partial charge < -0.3 is 20.5 Å². The van der Waals surface area contributed by atoms with Crippen LogP contribution in [0.15, 0.2) is 24.3 Å². The van der Waals surface area contributed by atoms with Crippen molar-refractivity contribution < 1.29 is 14.3 Å². The molecule has 5 nitrogen and oxygen atoms in total. The molecular weight excluding hydrogens is 280 g/mol. The molecule has 2 aliphatic rings. The average Bonchev–Trinajstić information content (AvgIpc) is 2.53. The van der Waals surface area contributed by atoms with Gasteiger partial charge in [-0.3, -0.25) is 4.79 Å². The number of amides is 1. The van der Waals surface area contributed by atoms with E-state index >= 15 is 0 Å². The number of ether oxygens (including phenoxy) is 2. The van der Waals surface area contributed by atoms with Crippen LogP contribution < -0.4 is 20.5 Å². The van der Waals surface area contributed by atoms with Gasteiger partial charge in [-0.1, -0.05) is 31.4 Å². The third-order valence-corrected chi connectivity index (χ3v) is 4.56. The number of benzene rings is 1. The van der Waals surface area contributed by atoms with Crippen LogP contribution in [-0.4, -0.2) is 30.2 Å². The molecule has 0 saturated heterocycles. The number of rotatable bonds is 3. The Morgan fingerprint density at radius 1 is 1.23 bits per heavy atom. The summed E-state index contributed by atoms with van der Waals surface area (Å²) in [4.78, 5) is 12.4. The van der Waals surface area contributed by atoms with Crippen LogP contribution in [0.3, 0.4) is 0 Å². The van der Waals surface area contributed by atoms with E-state index in [9.17, 15) is 4.79 Å². The van der Waals surface area contributed by atoms with Gasteiger partial charge in [0.1, 0.15) is 6.10 Å². The molecule has 0 bridgehead atoms. The van der Waals surface area contributed by atoms with Crippen LogP contribution in [-0.2, 0) is 4.79 Å². The van der Waals surface area contributed by atoms with Gasteiger partial charge in [-0.2, -0.15) is 0 Å². The molecule has 0 spiro atoms. The third-order valence-electron chi connectivity index (χ3n) is 4.56. The fourth-order valence-corrected chi connectivity index (χ4v) is 3.20. The number of carbonyl (C=O) groups excluding carboxylic acids is 1. The highest BCUT2D eigenvalue weighted by molar-refractivity contribution is 5.82. The molecular formula is C17H24N2O3. The van der Waals surface area contributed by atoms with Gasteiger partial charge in [-0.05, 0) is 31.9 Å². The van der Waals surface area contributed by atoms with Crippen molar-refractivity contribution in [3.8, 4) is 11.5 Å². The molecule has 1 aromatic rings. The van der Waals surface area contributed by atoms with Crippen molar-refractivity contribution in [3.63, 3.8) is 0 Å². The van der Waals surface area contributed by atoms with Crippen LogP contribution in [0.25, 0.3) is 0 Å². The van der Waals surface area contributed by atoms with E-state index < -0.39 is 6.10 Å². The minimum Gasteiger partial charge on any atom is -0.482 e. The number of hydrogen-bond acceptors (Lipinski definition) is 4. The zero-order chi connectivity index (χ0) is 15.6. The topological polar surface area (TPSA) is 73.6 Å². The smallest absolute Gasteiger partial charge is 0.265 e. The lowest BCUT2D eigenvalue weighted by Gasteiger charge is -2.35. The minimum absolute atomic E-state index is 0.155. The Hall–Kier alpha value is -1.75. The van der Waals surface area contributed by atoms with Crippen LogP contribution in [0.1, 0.15) is 39.0 Å². The number of fused-ring (bicyclic) bond motifs is 1. The molecule has 1 amide bonds. The number of carbonyl (C=O) groups is 1. The first-order valence-electron chi connectivity index (χ1n) is 8.06. The highest BCUT2D eigenvalue weighted by Gasteiger charge is 2.35. The predicted molar refractivity (Wildman–Crippen MR) is 84.0 cm³/mol. The summed E-state index contributed by atoms with van der Waals surface area (Å²) in [5.41, 5.74) is 6.09. The SMILES string of the molecule is CC1Oc2ccccc2OC1C(=O)NCC1(N)CCCCC1. The van der Waals surface area contributed by atoms with E-state index in [2.05, 4.69) is 5.32 Å². The molecule has 5 heteroatoms. The Bertz CT molecular complexity index is 540. The molecule has 3 rings (SSSR count). The highest BCUT2D eigenvalue weighted by Crippen LogP contribution is 2.33. The monoisotopic (exact) mass is 304 g/mol. The minimum atomic E-state index is -0.637. The van der Waals surface area contributed by atoms with Gasteiger partial charge in [0.15, 0.2) is 11.5 Å². The zero-order valence-corrected chi connectivity index (χ0v) is 13.0. The largest absolute Gasteiger partial charge is 0.482 e. The summed E-state index contributed by atoms with van der Waals surface area (Å²) in [5.74, 6) is 1.14. The molecule has 1 aliphatic heterocycles. The van der Waals surface area contributed by atoms with Crippen molar-refractivity contribution in [3.05, 3.63) is 24.3 Å². The van der Waals surface area contributed by atoms with Crippen molar-refractivity contribution >= 4 is 5.91 Å². The van der Waals surface area contributed by atoms with Crippen molar-refractivity contribution in [2.45, 2.75) is 56.8 Å². The lowest BCUT2D eigenvalue weighted by Crippen LogP contribution is -2.56. The van der Waals surface area contributed by atoms with Crippen LogP contribution >= 0.6 is 0 Å².